The van der Waals surface area contributed by atoms with E-state index < -0.39 is 0 Å². The third-order valence-electron chi connectivity index (χ3n) is 2.63. The Morgan fingerprint density at radius 1 is 1.47 bits per heavy atom. The number of carbonyl (C=O) groups excluding carboxylic acids is 1. The molecule has 0 aliphatic heterocycles. The molecule has 0 radical (unpaired) electrons. The van der Waals surface area contributed by atoms with Gasteiger partial charge in [-0.05, 0) is 37.5 Å². The summed E-state index contributed by atoms with van der Waals surface area (Å²) in [6.07, 6.45) is 3.23. The molecule has 1 amide bonds. The highest BCUT2D eigenvalue weighted by Gasteiger charge is 2.21. The highest BCUT2D eigenvalue weighted by Crippen LogP contribution is 2.23. The molecule has 1 aromatic carbocycles. The Morgan fingerprint density at radius 3 is 2.80 bits per heavy atom. The molecule has 2 N–H and O–H groups in total. The van der Waals surface area contributed by atoms with Crippen molar-refractivity contribution < 1.29 is 9.90 Å². The van der Waals surface area contributed by atoms with Gasteiger partial charge in [0.15, 0.2) is 0 Å². The van der Waals surface area contributed by atoms with Gasteiger partial charge in [0.1, 0.15) is 5.75 Å². The van der Waals surface area contributed by atoms with Gasteiger partial charge in [-0.1, -0.05) is 11.6 Å². The van der Waals surface area contributed by atoms with Gasteiger partial charge in [0.25, 0.3) is 5.91 Å². The average Bonchev–Trinajstić information content (AvgIpc) is 2.15. The lowest BCUT2D eigenvalue weighted by Gasteiger charge is -2.26. The predicted octanol–water partition coefficient (Wildman–Crippen LogP) is 2.33. The summed E-state index contributed by atoms with van der Waals surface area (Å²) in [5, 5.41) is 12.5. The molecule has 0 spiro atoms. The molecule has 0 bridgehead atoms. The fourth-order valence-corrected chi connectivity index (χ4v) is 1.71. The summed E-state index contributed by atoms with van der Waals surface area (Å²) in [6.45, 7) is 0. The van der Waals surface area contributed by atoms with Crippen molar-refractivity contribution in [1.29, 1.82) is 0 Å². The number of halogens is 1. The van der Waals surface area contributed by atoms with E-state index in [-0.39, 0.29) is 17.7 Å². The second kappa shape index (κ2) is 4.11. The van der Waals surface area contributed by atoms with Crippen LogP contribution in [0.2, 0.25) is 5.02 Å². The molecule has 0 atom stereocenters. The monoisotopic (exact) mass is 225 g/mol. The number of hydrogen-bond donors (Lipinski definition) is 2. The van der Waals surface area contributed by atoms with Crippen LogP contribution in [0.1, 0.15) is 29.6 Å². The molecule has 1 aromatic rings. The molecule has 1 aliphatic carbocycles. The quantitative estimate of drug-likeness (QED) is 0.812. The lowest BCUT2D eigenvalue weighted by atomic mass is 9.93. The van der Waals surface area contributed by atoms with Gasteiger partial charge >= 0.3 is 0 Å². The van der Waals surface area contributed by atoms with Crippen LogP contribution in [0.3, 0.4) is 0 Å². The lowest BCUT2D eigenvalue weighted by Crippen LogP contribution is -2.39. The van der Waals surface area contributed by atoms with Crippen LogP contribution < -0.4 is 5.32 Å². The highest BCUT2D eigenvalue weighted by molar-refractivity contribution is 6.33. The van der Waals surface area contributed by atoms with Crippen molar-refractivity contribution in [3.63, 3.8) is 0 Å². The Bertz CT molecular complexity index is 388. The first kappa shape index (κ1) is 10.3. The maximum absolute atomic E-state index is 11.7. The minimum Gasteiger partial charge on any atom is -0.508 e. The maximum Gasteiger partial charge on any atom is 0.253 e. The Morgan fingerprint density at radius 2 is 2.20 bits per heavy atom. The van der Waals surface area contributed by atoms with Crippen molar-refractivity contribution in [3.05, 3.63) is 28.8 Å². The van der Waals surface area contributed by atoms with Gasteiger partial charge in [-0.2, -0.15) is 0 Å². The van der Waals surface area contributed by atoms with Crippen LogP contribution in [0.25, 0.3) is 0 Å². The summed E-state index contributed by atoms with van der Waals surface area (Å²) < 4.78 is 0. The Balaban J connectivity index is 2.12. The van der Waals surface area contributed by atoms with Crippen LogP contribution in [-0.4, -0.2) is 17.1 Å². The fraction of sp³-hybridized carbons (Fsp3) is 0.364. The lowest BCUT2D eigenvalue weighted by molar-refractivity contribution is 0.0916. The number of amides is 1. The number of aromatic hydroxyl groups is 1. The molecular weight excluding hydrogens is 214 g/mol. The number of phenols is 1. The molecule has 2 rings (SSSR count). The largest absolute Gasteiger partial charge is 0.508 e. The third kappa shape index (κ3) is 2.23. The van der Waals surface area contributed by atoms with E-state index in [4.69, 9.17) is 11.6 Å². The molecule has 0 unspecified atom stereocenters. The minimum atomic E-state index is -0.208. The van der Waals surface area contributed by atoms with E-state index in [1.165, 1.54) is 24.6 Å². The van der Waals surface area contributed by atoms with E-state index >= 15 is 0 Å². The molecule has 1 fully saturated rings. The van der Waals surface area contributed by atoms with Crippen LogP contribution >= 0.6 is 11.6 Å². The number of rotatable bonds is 2. The van der Waals surface area contributed by atoms with E-state index in [0.717, 1.165) is 12.8 Å². The topological polar surface area (TPSA) is 49.3 Å². The highest BCUT2D eigenvalue weighted by atomic mass is 35.5. The average molecular weight is 226 g/mol. The standard InChI is InChI=1S/C11H12ClNO2/c12-10-5-4-8(14)6-9(10)11(15)13-7-2-1-3-7/h4-7,14H,1-3H2,(H,13,15). The molecule has 1 saturated carbocycles. The molecule has 1 aliphatic rings. The van der Waals surface area contributed by atoms with Crippen LogP contribution in [0.5, 0.6) is 5.75 Å². The van der Waals surface area contributed by atoms with Crippen molar-refractivity contribution in [3.8, 4) is 5.75 Å². The maximum atomic E-state index is 11.7. The number of carbonyl (C=O) groups is 1. The number of nitrogens with one attached hydrogen (secondary N) is 1. The van der Waals surface area contributed by atoms with Gasteiger partial charge in [-0.3, -0.25) is 4.79 Å². The van der Waals surface area contributed by atoms with E-state index in [1.807, 2.05) is 0 Å². The van der Waals surface area contributed by atoms with Crippen LogP contribution in [0.4, 0.5) is 0 Å². The van der Waals surface area contributed by atoms with Crippen LogP contribution in [0.15, 0.2) is 18.2 Å². The first-order chi connectivity index (χ1) is 7.16. The van der Waals surface area contributed by atoms with Crippen LogP contribution in [0, 0.1) is 0 Å². The smallest absolute Gasteiger partial charge is 0.253 e. The van der Waals surface area contributed by atoms with Crippen LogP contribution in [-0.2, 0) is 0 Å². The first-order valence-electron chi connectivity index (χ1n) is 4.96. The Kier molecular flexibility index (Phi) is 2.82. The molecule has 0 aromatic heterocycles. The summed E-state index contributed by atoms with van der Waals surface area (Å²) in [5.74, 6) is -0.154. The number of phenolic OH excluding ortho intramolecular Hbond substituents is 1. The third-order valence-corrected chi connectivity index (χ3v) is 2.96. The summed E-state index contributed by atoms with van der Waals surface area (Å²) in [5.41, 5.74) is 0.337. The Labute approximate surface area is 93.1 Å². The van der Waals surface area contributed by atoms with Gasteiger partial charge in [0.05, 0.1) is 10.6 Å². The minimum absolute atomic E-state index is 0.0539. The zero-order valence-electron chi connectivity index (χ0n) is 8.16. The van der Waals surface area contributed by atoms with Gasteiger partial charge in [0, 0.05) is 6.04 Å². The normalized spacial score (nSPS) is 15.8. The van der Waals surface area contributed by atoms with Gasteiger partial charge in [-0.25, -0.2) is 0 Å². The molecule has 15 heavy (non-hydrogen) atoms. The summed E-state index contributed by atoms with van der Waals surface area (Å²) in [7, 11) is 0. The molecule has 0 saturated heterocycles. The van der Waals surface area contributed by atoms with E-state index in [1.54, 1.807) is 0 Å². The fourth-order valence-electron chi connectivity index (χ4n) is 1.50. The molecule has 3 nitrogen and oxygen atoms in total. The van der Waals surface area contributed by atoms with Gasteiger partial charge in [0.2, 0.25) is 0 Å². The molecule has 0 heterocycles. The van der Waals surface area contributed by atoms with Crippen molar-refractivity contribution in [2.75, 3.05) is 0 Å². The van der Waals surface area contributed by atoms with E-state index in [0.29, 0.717) is 10.6 Å². The van der Waals surface area contributed by atoms with E-state index in [2.05, 4.69) is 5.32 Å². The van der Waals surface area contributed by atoms with Crippen molar-refractivity contribution in [2.45, 2.75) is 25.3 Å². The first-order valence-corrected chi connectivity index (χ1v) is 5.34. The SMILES string of the molecule is O=C(NC1CCC1)c1cc(O)ccc1Cl. The molecule has 4 heteroatoms. The number of benzene rings is 1. The van der Waals surface area contributed by atoms with Crippen molar-refractivity contribution in [1.82, 2.24) is 5.32 Å². The zero-order chi connectivity index (χ0) is 10.8. The Hall–Kier alpha value is -1.22. The van der Waals surface area contributed by atoms with Gasteiger partial charge in [-0.15, -0.1) is 0 Å². The van der Waals surface area contributed by atoms with E-state index in [9.17, 15) is 9.90 Å². The molecule has 80 valence electrons. The summed E-state index contributed by atoms with van der Waals surface area (Å²) in [6, 6.07) is 4.64. The predicted molar refractivity (Wildman–Crippen MR) is 58.2 cm³/mol. The van der Waals surface area contributed by atoms with Crippen molar-refractivity contribution in [2.24, 2.45) is 0 Å². The van der Waals surface area contributed by atoms with Gasteiger partial charge < -0.3 is 10.4 Å². The second-order valence-electron chi connectivity index (χ2n) is 3.77. The molecular formula is C11H12ClNO2. The zero-order valence-corrected chi connectivity index (χ0v) is 8.92. The summed E-state index contributed by atoms with van der Waals surface area (Å²) in [4.78, 5) is 11.7. The second-order valence-corrected chi connectivity index (χ2v) is 4.17. The van der Waals surface area contributed by atoms with Crippen molar-refractivity contribution >= 4 is 17.5 Å². The summed E-state index contributed by atoms with van der Waals surface area (Å²) >= 11 is 5.86. The number of hydrogen-bond acceptors (Lipinski definition) is 2.